The van der Waals surface area contributed by atoms with Crippen LogP contribution in [0.5, 0.6) is 11.5 Å². The van der Waals surface area contributed by atoms with Crippen LogP contribution in [0.25, 0.3) is 6.08 Å². The van der Waals surface area contributed by atoms with Crippen LogP contribution in [0.3, 0.4) is 0 Å². The summed E-state index contributed by atoms with van der Waals surface area (Å²) in [6.07, 6.45) is 4.87. The molecule has 0 atom stereocenters. The largest absolute Gasteiger partial charge is 0.486 e. The minimum atomic E-state index is -0.157. The van der Waals surface area contributed by atoms with Gasteiger partial charge in [0.2, 0.25) is 5.91 Å². The molecule has 0 bridgehead atoms. The molecule has 0 aliphatic carbocycles. The summed E-state index contributed by atoms with van der Waals surface area (Å²) in [5, 5.41) is 9.34. The molecule has 1 amide bonds. The first-order valence-corrected chi connectivity index (χ1v) is 9.14. The van der Waals surface area contributed by atoms with Gasteiger partial charge in [-0.15, -0.1) is 6.58 Å². The minimum absolute atomic E-state index is 0.157. The van der Waals surface area contributed by atoms with E-state index in [1.54, 1.807) is 41.3 Å². The summed E-state index contributed by atoms with van der Waals surface area (Å²) >= 11 is 6.24. The summed E-state index contributed by atoms with van der Waals surface area (Å²) in [4.78, 5) is 14.3. The Balaban J connectivity index is 1.73. The Labute approximate surface area is 169 Å². The van der Waals surface area contributed by atoms with Gasteiger partial charge in [0, 0.05) is 19.2 Å². The van der Waals surface area contributed by atoms with Gasteiger partial charge in [0.1, 0.15) is 13.2 Å². The van der Waals surface area contributed by atoms with E-state index in [1.165, 1.54) is 6.08 Å². The van der Waals surface area contributed by atoms with Crippen LogP contribution >= 0.6 is 11.6 Å². The maximum atomic E-state index is 12.7. The van der Waals surface area contributed by atoms with Crippen LogP contribution in [-0.2, 0) is 11.3 Å². The first-order chi connectivity index (χ1) is 13.6. The molecule has 0 fully saturated rings. The van der Waals surface area contributed by atoms with E-state index >= 15 is 0 Å². The van der Waals surface area contributed by atoms with Gasteiger partial charge in [-0.25, -0.2) is 0 Å². The van der Waals surface area contributed by atoms with Gasteiger partial charge in [-0.2, -0.15) is 5.26 Å². The predicted molar refractivity (Wildman–Crippen MR) is 108 cm³/mol. The quantitative estimate of drug-likeness (QED) is 0.543. The van der Waals surface area contributed by atoms with Crippen molar-refractivity contribution in [1.82, 2.24) is 4.90 Å². The molecule has 28 heavy (non-hydrogen) atoms. The van der Waals surface area contributed by atoms with E-state index in [0.29, 0.717) is 48.4 Å². The fourth-order valence-corrected chi connectivity index (χ4v) is 3.07. The van der Waals surface area contributed by atoms with Crippen molar-refractivity contribution >= 4 is 23.6 Å². The van der Waals surface area contributed by atoms with Crippen molar-refractivity contribution in [3.8, 4) is 17.6 Å². The van der Waals surface area contributed by atoms with Gasteiger partial charge in [0.15, 0.2) is 11.5 Å². The number of benzene rings is 2. The Kier molecular flexibility index (Phi) is 6.36. The van der Waals surface area contributed by atoms with Crippen molar-refractivity contribution in [3.05, 3.63) is 76.8 Å². The lowest BCUT2D eigenvalue weighted by Crippen LogP contribution is -2.29. The molecule has 1 heterocycles. The highest BCUT2D eigenvalue weighted by Gasteiger charge is 2.16. The van der Waals surface area contributed by atoms with Crippen LogP contribution in [0.15, 0.2) is 55.1 Å². The van der Waals surface area contributed by atoms with Crippen molar-refractivity contribution < 1.29 is 14.3 Å². The highest BCUT2D eigenvalue weighted by atomic mass is 35.5. The maximum Gasteiger partial charge on any atom is 0.247 e. The van der Waals surface area contributed by atoms with Gasteiger partial charge in [-0.3, -0.25) is 4.79 Å². The molecule has 6 heteroatoms. The van der Waals surface area contributed by atoms with Gasteiger partial charge < -0.3 is 14.4 Å². The highest BCUT2D eigenvalue weighted by Crippen LogP contribution is 2.38. The van der Waals surface area contributed by atoms with E-state index in [2.05, 4.69) is 12.6 Å². The van der Waals surface area contributed by atoms with Crippen LogP contribution in [0.4, 0.5) is 0 Å². The number of nitriles is 1. The number of fused-ring (bicyclic) bond motifs is 1. The highest BCUT2D eigenvalue weighted by molar-refractivity contribution is 6.32. The molecular weight excluding hydrogens is 376 g/mol. The molecule has 1 aliphatic rings. The number of amides is 1. The van der Waals surface area contributed by atoms with Crippen molar-refractivity contribution in [3.63, 3.8) is 0 Å². The standard InChI is InChI=1S/C22H19ClN2O3/c1-2-9-25(15-17-5-3-16(14-24)4-6-17)21(26)8-7-18-12-19(23)22-20(13-18)27-10-11-28-22/h2-8,12-13H,1,9-11,15H2/b8-7+. The lowest BCUT2D eigenvalue weighted by Gasteiger charge is -2.20. The number of carbonyl (C=O) groups excluding carboxylic acids is 1. The zero-order chi connectivity index (χ0) is 19.9. The van der Waals surface area contributed by atoms with E-state index in [9.17, 15) is 4.79 Å². The van der Waals surface area contributed by atoms with Gasteiger partial charge in [0.25, 0.3) is 0 Å². The number of halogens is 1. The van der Waals surface area contributed by atoms with Crippen molar-refractivity contribution in [1.29, 1.82) is 5.26 Å². The smallest absolute Gasteiger partial charge is 0.247 e. The van der Waals surface area contributed by atoms with Crippen LogP contribution < -0.4 is 9.47 Å². The zero-order valence-corrected chi connectivity index (χ0v) is 16.0. The molecule has 2 aromatic carbocycles. The fourth-order valence-electron chi connectivity index (χ4n) is 2.79. The molecule has 2 aromatic rings. The van der Waals surface area contributed by atoms with Crippen molar-refractivity contribution in [2.24, 2.45) is 0 Å². The minimum Gasteiger partial charge on any atom is -0.486 e. The Bertz CT molecular complexity index is 945. The third kappa shape index (κ3) is 4.73. The van der Waals surface area contributed by atoms with Crippen molar-refractivity contribution in [2.45, 2.75) is 6.54 Å². The van der Waals surface area contributed by atoms with Gasteiger partial charge in [0.05, 0.1) is 16.7 Å². The molecule has 0 N–H and O–H groups in total. The Morgan fingerprint density at radius 3 is 2.71 bits per heavy atom. The molecule has 3 rings (SSSR count). The molecule has 142 valence electrons. The molecule has 0 spiro atoms. The summed E-state index contributed by atoms with van der Waals surface area (Å²) in [6.45, 7) is 5.48. The number of ether oxygens (including phenoxy) is 2. The molecule has 0 unspecified atom stereocenters. The average Bonchev–Trinajstić information content (AvgIpc) is 2.72. The Morgan fingerprint density at radius 2 is 2.00 bits per heavy atom. The second-order valence-corrected chi connectivity index (χ2v) is 6.58. The monoisotopic (exact) mass is 394 g/mol. The molecule has 0 aromatic heterocycles. The lowest BCUT2D eigenvalue weighted by atomic mass is 10.1. The lowest BCUT2D eigenvalue weighted by molar-refractivity contribution is -0.126. The molecule has 5 nitrogen and oxygen atoms in total. The SMILES string of the molecule is C=CCN(Cc1ccc(C#N)cc1)C(=O)/C=C/c1cc(Cl)c2c(c1)OCCO2. The summed E-state index contributed by atoms with van der Waals surface area (Å²) < 4.78 is 11.1. The van der Waals surface area contributed by atoms with E-state index in [0.717, 1.165) is 11.1 Å². The number of hydrogen-bond acceptors (Lipinski definition) is 4. The molecule has 0 saturated heterocycles. The Hall–Kier alpha value is -3.23. The van der Waals surface area contributed by atoms with Crippen LogP contribution in [-0.4, -0.2) is 30.6 Å². The number of carbonyl (C=O) groups is 1. The number of rotatable bonds is 6. The molecular formula is C22H19ClN2O3. The van der Waals surface area contributed by atoms with E-state index < -0.39 is 0 Å². The predicted octanol–water partition coefficient (Wildman–Crippen LogP) is 4.21. The molecule has 0 radical (unpaired) electrons. The summed E-state index contributed by atoms with van der Waals surface area (Å²) in [7, 11) is 0. The Morgan fingerprint density at radius 1 is 1.25 bits per heavy atom. The summed E-state index contributed by atoms with van der Waals surface area (Å²) in [5.74, 6) is 0.951. The number of hydrogen-bond donors (Lipinski definition) is 0. The third-order valence-corrected chi connectivity index (χ3v) is 4.44. The normalized spacial score (nSPS) is 12.4. The van der Waals surface area contributed by atoms with Crippen molar-refractivity contribution in [2.75, 3.05) is 19.8 Å². The maximum absolute atomic E-state index is 12.7. The van der Waals surface area contributed by atoms with Crippen LogP contribution in [0.1, 0.15) is 16.7 Å². The molecule has 0 saturated carbocycles. The fraction of sp³-hybridized carbons (Fsp3) is 0.182. The van der Waals surface area contributed by atoms with Gasteiger partial charge in [-0.05, 0) is 41.5 Å². The van der Waals surface area contributed by atoms with E-state index in [4.69, 9.17) is 26.3 Å². The summed E-state index contributed by atoms with van der Waals surface area (Å²) in [5.41, 5.74) is 2.27. The van der Waals surface area contributed by atoms with Crippen LogP contribution in [0.2, 0.25) is 5.02 Å². The van der Waals surface area contributed by atoms with E-state index in [-0.39, 0.29) is 5.91 Å². The van der Waals surface area contributed by atoms with Gasteiger partial charge >= 0.3 is 0 Å². The first-order valence-electron chi connectivity index (χ1n) is 8.77. The second kappa shape index (κ2) is 9.12. The average molecular weight is 395 g/mol. The third-order valence-electron chi connectivity index (χ3n) is 4.16. The van der Waals surface area contributed by atoms with Crippen LogP contribution in [0, 0.1) is 11.3 Å². The topological polar surface area (TPSA) is 62.6 Å². The second-order valence-electron chi connectivity index (χ2n) is 6.18. The van der Waals surface area contributed by atoms with E-state index in [1.807, 2.05) is 12.1 Å². The number of nitrogens with zero attached hydrogens (tertiary/aromatic N) is 2. The summed E-state index contributed by atoms with van der Waals surface area (Å²) in [6, 6.07) is 12.8. The molecule has 1 aliphatic heterocycles. The zero-order valence-electron chi connectivity index (χ0n) is 15.2. The van der Waals surface area contributed by atoms with Gasteiger partial charge in [-0.1, -0.05) is 29.8 Å². The first kappa shape index (κ1) is 19.5.